The standard InChI is InChI=1S/C37H38O17/c1-16-27(42)31(46)35(54-36-32(47)30(45)28(43)24(52-36)15-49-25(41)12-5-17-3-8-19(38)9-4-17)37(50-16)53-34-29(44)26-22(40)13-20(39)14-23(26)51-33(34)18-6-10-21(48-2)11-7-18/h3-14,16,24,27-28,30-32,35-40,42-43,45-47H,15H2,1-2H3/b12-5+/t16-,24+,27-,28+,30-,31+,32+,35+,36-,37-/m0/s1. The Balaban J connectivity index is 1.28. The molecule has 0 amide bonds. The number of rotatable bonds is 10. The van der Waals surface area contributed by atoms with E-state index < -0.39 is 96.7 Å². The average molecular weight is 755 g/mol. The highest BCUT2D eigenvalue weighted by molar-refractivity contribution is 5.88. The molecule has 2 fully saturated rings. The second-order valence-corrected chi connectivity index (χ2v) is 12.6. The van der Waals surface area contributed by atoms with Crippen molar-refractivity contribution in [3.8, 4) is 40.1 Å². The van der Waals surface area contributed by atoms with Crippen molar-refractivity contribution in [2.45, 2.75) is 68.3 Å². The molecule has 6 rings (SSSR count). The van der Waals surface area contributed by atoms with Crippen molar-refractivity contribution in [2.75, 3.05) is 13.7 Å². The molecule has 2 saturated heterocycles. The summed E-state index contributed by atoms with van der Waals surface area (Å²) in [5.41, 5.74) is -0.288. The first-order valence-corrected chi connectivity index (χ1v) is 16.6. The Bertz CT molecular complexity index is 2030. The third kappa shape index (κ3) is 7.98. The molecule has 0 radical (unpaired) electrons. The molecule has 17 nitrogen and oxygen atoms in total. The third-order valence-corrected chi connectivity index (χ3v) is 8.94. The molecule has 17 heteroatoms. The number of esters is 1. The summed E-state index contributed by atoms with van der Waals surface area (Å²) in [6.07, 6.45) is -14.6. The van der Waals surface area contributed by atoms with Gasteiger partial charge in [-0.15, -0.1) is 0 Å². The van der Waals surface area contributed by atoms with E-state index in [4.69, 9.17) is 32.8 Å². The maximum atomic E-state index is 14.0. The van der Waals surface area contributed by atoms with E-state index in [9.17, 15) is 50.4 Å². The maximum absolute atomic E-state index is 14.0. The van der Waals surface area contributed by atoms with E-state index in [2.05, 4.69) is 0 Å². The average Bonchev–Trinajstić information content (AvgIpc) is 3.15. The van der Waals surface area contributed by atoms with Gasteiger partial charge in [0.05, 0.1) is 13.2 Å². The van der Waals surface area contributed by atoms with Crippen LogP contribution in [0.15, 0.2) is 76.0 Å². The number of aromatic hydroxyl groups is 3. The van der Waals surface area contributed by atoms with Gasteiger partial charge in [0, 0.05) is 23.8 Å². The topological polar surface area (TPSA) is 264 Å². The van der Waals surface area contributed by atoms with Crippen LogP contribution in [0.1, 0.15) is 12.5 Å². The third-order valence-electron chi connectivity index (χ3n) is 8.94. The number of benzene rings is 3. The number of hydrogen-bond donors (Lipinski definition) is 8. The van der Waals surface area contributed by atoms with Gasteiger partial charge in [-0.25, -0.2) is 4.79 Å². The van der Waals surface area contributed by atoms with Crippen LogP contribution in [0.3, 0.4) is 0 Å². The fourth-order valence-corrected chi connectivity index (χ4v) is 5.95. The Hall–Kier alpha value is -5.24. The molecule has 8 N–H and O–H groups in total. The summed E-state index contributed by atoms with van der Waals surface area (Å²) in [6, 6.07) is 14.2. The molecule has 54 heavy (non-hydrogen) atoms. The van der Waals surface area contributed by atoms with Gasteiger partial charge in [0.2, 0.25) is 17.5 Å². The molecule has 0 bridgehead atoms. The minimum Gasteiger partial charge on any atom is -0.508 e. The molecule has 2 aliphatic heterocycles. The first kappa shape index (κ1) is 38.5. The van der Waals surface area contributed by atoms with Crippen molar-refractivity contribution in [3.05, 3.63) is 82.5 Å². The number of ether oxygens (including phenoxy) is 6. The van der Waals surface area contributed by atoms with E-state index in [0.29, 0.717) is 11.3 Å². The lowest BCUT2D eigenvalue weighted by Gasteiger charge is -2.45. The Labute approximate surface area is 306 Å². The second-order valence-electron chi connectivity index (χ2n) is 12.6. The molecule has 0 saturated carbocycles. The fourth-order valence-electron chi connectivity index (χ4n) is 5.95. The smallest absolute Gasteiger partial charge is 0.330 e. The van der Waals surface area contributed by atoms with Crippen LogP contribution in [0.2, 0.25) is 0 Å². The molecular weight excluding hydrogens is 716 g/mol. The molecule has 4 aromatic rings. The molecule has 2 aliphatic rings. The second kappa shape index (κ2) is 16.0. The number of fused-ring (bicyclic) bond motifs is 1. The van der Waals surface area contributed by atoms with E-state index in [0.717, 1.165) is 18.2 Å². The van der Waals surface area contributed by atoms with Crippen LogP contribution in [0.4, 0.5) is 0 Å². The van der Waals surface area contributed by atoms with Crippen LogP contribution < -0.4 is 14.9 Å². The van der Waals surface area contributed by atoms with E-state index in [-0.39, 0.29) is 28.0 Å². The highest BCUT2D eigenvalue weighted by Crippen LogP contribution is 2.38. The minimum atomic E-state index is -1.96. The molecule has 288 valence electrons. The van der Waals surface area contributed by atoms with Crippen LogP contribution in [0, 0.1) is 0 Å². The summed E-state index contributed by atoms with van der Waals surface area (Å²) in [5.74, 6) is -2.15. The molecular formula is C37H38O17. The zero-order chi connectivity index (χ0) is 38.8. The molecule has 0 unspecified atom stereocenters. The summed E-state index contributed by atoms with van der Waals surface area (Å²) < 4.78 is 39.8. The number of aliphatic hydroxyl groups is 5. The van der Waals surface area contributed by atoms with Gasteiger partial charge in [0.1, 0.15) is 77.2 Å². The van der Waals surface area contributed by atoms with Crippen LogP contribution in [0.5, 0.6) is 28.7 Å². The van der Waals surface area contributed by atoms with Crippen molar-refractivity contribution in [1.82, 2.24) is 0 Å². The Morgan fingerprint density at radius 3 is 2.20 bits per heavy atom. The predicted octanol–water partition coefficient (Wildman–Crippen LogP) is 0.880. The number of aliphatic hydroxyl groups excluding tert-OH is 5. The van der Waals surface area contributed by atoms with Gasteiger partial charge in [0.15, 0.2) is 18.2 Å². The molecule has 0 aliphatic carbocycles. The maximum Gasteiger partial charge on any atom is 0.330 e. The largest absolute Gasteiger partial charge is 0.508 e. The zero-order valence-electron chi connectivity index (χ0n) is 28.7. The first-order chi connectivity index (χ1) is 25.7. The van der Waals surface area contributed by atoms with Crippen molar-refractivity contribution in [1.29, 1.82) is 0 Å². The molecule has 0 spiro atoms. The molecule has 1 aromatic heterocycles. The van der Waals surface area contributed by atoms with E-state index in [1.165, 1.54) is 44.4 Å². The van der Waals surface area contributed by atoms with Gasteiger partial charge in [-0.1, -0.05) is 12.1 Å². The summed E-state index contributed by atoms with van der Waals surface area (Å²) in [6.45, 7) is 0.768. The number of hydrogen-bond acceptors (Lipinski definition) is 17. The monoisotopic (exact) mass is 754 g/mol. The summed E-state index contributed by atoms with van der Waals surface area (Å²) in [5, 5.41) is 83.9. The fraction of sp³-hybridized carbons (Fsp3) is 0.351. The Morgan fingerprint density at radius 1 is 0.815 bits per heavy atom. The minimum absolute atomic E-state index is 0.0322. The van der Waals surface area contributed by atoms with E-state index in [1.54, 1.807) is 24.3 Å². The molecule has 3 heterocycles. The quantitative estimate of drug-likeness (QED) is 0.0825. The lowest BCUT2D eigenvalue weighted by Crippen LogP contribution is -2.64. The highest BCUT2D eigenvalue weighted by atomic mass is 16.8. The number of phenolic OH excluding ortho intramolecular Hbond substituents is 3. The van der Waals surface area contributed by atoms with Gasteiger partial charge in [-0.3, -0.25) is 4.79 Å². The Morgan fingerprint density at radius 2 is 1.52 bits per heavy atom. The lowest BCUT2D eigenvalue weighted by atomic mass is 9.97. The summed E-state index contributed by atoms with van der Waals surface area (Å²) >= 11 is 0. The lowest BCUT2D eigenvalue weighted by molar-refractivity contribution is -0.355. The van der Waals surface area contributed by atoms with E-state index >= 15 is 0 Å². The van der Waals surface area contributed by atoms with Crippen LogP contribution >= 0.6 is 0 Å². The van der Waals surface area contributed by atoms with Gasteiger partial charge in [-0.05, 0) is 55.0 Å². The van der Waals surface area contributed by atoms with Gasteiger partial charge in [-0.2, -0.15) is 0 Å². The molecule has 10 atom stereocenters. The normalized spacial score (nSPS) is 28.6. The van der Waals surface area contributed by atoms with Gasteiger partial charge >= 0.3 is 5.97 Å². The van der Waals surface area contributed by atoms with Crippen molar-refractivity contribution >= 4 is 23.0 Å². The molecule has 3 aromatic carbocycles. The predicted molar refractivity (Wildman–Crippen MR) is 184 cm³/mol. The van der Waals surface area contributed by atoms with Crippen LogP contribution in [-0.2, 0) is 23.7 Å². The Kier molecular flexibility index (Phi) is 11.4. The number of carbonyl (C=O) groups excluding carboxylic acids is 1. The first-order valence-electron chi connectivity index (χ1n) is 16.6. The number of phenols is 3. The summed E-state index contributed by atoms with van der Waals surface area (Å²) in [4.78, 5) is 26.4. The summed E-state index contributed by atoms with van der Waals surface area (Å²) in [7, 11) is 1.45. The number of methoxy groups -OCH3 is 1. The van der Waals surface area contributed by atoms with Crippen LogP contribution in [0.25, 0.3) is 28.4 Å². The van der Waals surface area contributed by atoms with Crippen molar-refractivity contribution in [2.24, 2.45) is 0 Å². The van der Waals surface area contributed by atoms with E-state index in [1.807, 2.05) is 0 Å². The SMILES string of the molecule is COc1ccc(-c2oc3cc(O)cc(O)c3c(=O)c2O[C@@H]2O[C@@H](C)[C@H](O)[C@@H](O)[C@H]2O[C@@H]2O[C@H](COC(=O)/C=C/c3ccc(O)cc3)[C@@H](O)[C@H](O)[C@H]2O)cc1. The highest BCUT2D eigenvalue weighted by Gasteiger charge is 2.51. The van der Waals surface area contributed by atoms with Gasteiger partial charge < -0.3 is 73.7 Å². The van der Waals surface area contributed by atoms with Crippen molar-refractivity contribution < 1.29 is 78.5 Å². The number of carbonyl (C=O) groups is 1. The zero-order valence-corrected chi connectivity index (χ0v) is 28.7. The van der Waals surface area contributed by atoms with Crippen molar-refractivity contribution in [3.63, 3.8) is 0 Å². The van der Waals surface area contributed by atoms with Crippen LogP contribution in [-0.4, -0.2) is 122 Å². The van der Waals surface area contributed by atoms with Gasteiger partial charge in [0.25, 0.3) is 0 Å².